The number of benzene rings is 1. The third kappa shape index (κ3) is 3.15. The molecule has 21 heavy (non-hydrogen) atoms. The van der Waals surface area contributed by atoms with Crippen molar-refractivity contribution >= 4 is 5.91 Å². The van der Waals surface area contributed by atoms with E-state index in [1.807, 2.05) is 53.2 Å². The van der Waals surface area contributed by atoms with Crippen LogP contribution in [-0.4, -0.2) is 33.7 Å². The molecule has 1 heterocycles. The Balaban J connectivity index is 1.65. The molecule has 4 nitrogen and oxygen atoms in total. The summed E-state index contributed by atoms with van der Waals surface area (Å²) in [5.41, 5.74) is 1.97. The first kappa shape index (κ1) is 13.9. The average Bonchev–Trinajstić information content (AvgIpc) is 3.26. The quantitative estimate of drug-likeness (QED) is 0.846. The van der Waals surface area contributed by atoms with Gasteiger partial charge in [-0.25, -0.2) is 4.68 Å². The van der Waals surface area contributed by atoms with E-state index in [0.717, 1.165) is 11.3 Å². The van der Waals surface area contributed by atoms with Crippen molar-refractivity contribution < 1.29 is 4.79 Å². The van der Waals surface area contributed by atoms with Crippen LogP contribution in [0.4, 0.5) is 0 Å². The lowest BCUT2D eigenvalue weighted by atomic mass is 10.1. The highest BCUT2D eigenvalue weighted by atomic mass is 16.2. The summed E-state index contributed by atoms with van der Waals surface area (Å²) in [6.07, 6.45) is 6.64. The summed E-state index contributed by atoms with van der Waals surface area (Å²) in [7, 11) is 1.91. The first-order valence-corrected chi connectivity index (χ1v) is 7.50. The zero-order valence-electron chi connectivity index (χ0n) is 12.6. The van der Waals surface area contributed by atoms with Crippen molar-refractivity contribution in [3.63, 3.8) is 0 Å². The van der Waals surface area contributed by atoms with Crippen LogP contribution in [0.5, 0.6) is 0 Å². The van der Waals surface area contributed by atoms with Crippen LogP contribution in [0.2, 0.25) is 0 Å². The van der Waals surface area contributed by atoms with Crippen molar-refractivity contribution in [2.45, 2.75) is 32.2 Å². The minimum absolute atomic E-state index is 0.169. The van der Waals surface area contributed by atoms with Crippen molar-refractivity contribution in [2.24, 2.45) is 5.92 Å². The van der Waals surface area contributed by atoms with Crippen molar-refractivity contribution in [3.05, 3.63) is 48.3 Å². The van der Waals surface area contributed by atoms with Crippen molar-refractivity contribution in [1.82, 2.24) is 14.7 Å². The SMILES string of the molecule is CC(C1CC1)N(C)C(=O)Cc1cnn(-c2ccccc2)c1. The van der Waals surface area contributed by atoms with Gasteiger partial charge < -0.3 is 4.90 Å². The molecule has 3 rings (SSSR count). The smallest absolute Gasteiger partial charge is 0.227 e. The molecule has 1 atom stereocenters. The fourth-order valence-electron chi connectivity index (χ4n) is 2.59. The van der Waals surface area contributed by atoms with Crippen LogP contribution in [0, 0.1) is 5.92 Å². The van der Waals surface area contributed by atoms with Crippen molar-refractivity contribution in [1.29, 1.82) is 0 Å². The molecule has 0 radical (unpaired) electrons. The second kappa shape index (κ2) is 5.72. The summed E-state index contributed by atoms with van der Waals surface area (Å²) < 4.78 is 1.81. The van der Waals surface area contributed by atoms with E-state index in [2.05, 4.69) is 12.0 Å². The Labute approximate surface area is 125 Å². The third-order valence-corrected chi connectivity index (χ3v) is 4.32. The average molecular weight is 283 g/mol. The summed E-state index contributed by atoms with van der Waals surface area (Å²) in [6, 6.07) is 10.3. The van der Waals surface area contributed by atoms with Crippen LogP contribution in [0.1, 0.15) is 25.3 Å². The minimum atomic E-state index is 0.169. The summed E-state index contributed by atoms with van der Waals surface area (Å²) in [5.74, 6) is 0.869. The van der Waals surface area contributed by atoms with Crippen LogP contribution in [-0.2, 0) is 11.2 Å². The molecule has 1 fully saturated rings. The first-order chi connectivity index (χ1) is 10.1. The summed E-state index contributed by atoms with van der Waals surface area (Å²) in [6.45, 7) is 2.14. The van der Waals surface area contributed by atoms with E-state index in [0.29, 0.717) is 18.4 Å². The number of nitrogens with zero attached hydrogens (tertiary/aromatic N) is 3. The number of rotatable bonds is 5. The molecule has 1 saturated carbocycles. The standard InChI is InChI=1S/C17H21N3O/c1-13(15-8-9-15)19(2)17(21)10-14-11-18-20(12-14)16-6-4-3-5-7-16/h3-7,11-13,15H,8-10H2,1-2H3. The summed E-state index contributed by atoms with van der Waals surface area (Å²) in [5, 5.41) is 4.34. The van der Waals surface area contributed by atoms with E-state index in [1.165, 1.54) is 12.8 Å². The van der Waals surface area contributed by atoms with Gasteiger partial charge in [0.15, 0.2) is 0 Å². The van der Waals surface area contributed by atoms with Gasteiger partial charge in [0.1, 0.15) is 0 Å². The maximum absolute atomic E-state index is 12.3. The Kier molecular flexibility index (Phi) is 3.78. The number of carbonyl (C=O) groups excluding carboxylic acids is 1. The van der Waals surface area contributed by atoms with Gasteiger partial charge in [-0.3, -0.25) is 4.79 Å². The number of likely N-dealkylation sites (N-methyl/N-ethyl adjacent to an activating group) is 1. The van der Waals surface area contributed by atoms with E-state index in [9.17, 15) is 4.79 Å². The molecule has 1 aromatic carbocycles. The highest BCUT2D eigenvalue weighted by molar-refractivity contribution is 5.78. The molecule has 1 unspecified atom stereocenters. The molecule has 110 valence electrons. The molecular formula is C17H21N3O. The van der Waals surface area contributed by atoms with Crippen molar-refractivity contribution in [2.75, 3.05) is 7.05 Å². The fourth-order valence-corrected chi connectivity index (χ4v) is 2.59. The largest absolute Gasteiger partial charge is 0.342 e. The summed E-state index contributed by atoms with van der Waals surface area (Å²) in [4.78, 5) is 14.2. The zero-order chi connectivity index (χ0) is 14.8. The topological polar surface area (TPSA) is 38.1 Å². The highest BCUT2D eigenvalue weighted by Gasteiger charge is 2.32. The Hall–Kier alpha value is -2.10. The van der Waals surface area contributed by atoms with E-state index in [4.69, 9.17) is 0 Å². The molecule has 0 aliphatic heterocycles. The molecule has 2 aromatic rings. The van der Waals surface area contributed by atoms with Gasteiger partial charge >= 0.3 is 0 Å². The molecule has 1 aliphatic rings. The fraction of sp³-hybridized carbons (Fsp3) is 0.412. The number of aromatic nitrogens is 2. The number of hydrogen-bond acceptors (Lipinski definition) is 2. The lowest BCUT2D eigenvalue weighted by molar-refractivity contribution is -0.131. The van der Waals surface area contributed by atoms with Crippen LogP contribution in [0.15, 0.2) is 42.7 Å². The lowest BCUT2D eigenvalue weighted by Crippen LogP contribution is -2.37. The van der Waals surface area contributed by atoms with Crippen molar-refractivity contribution in [3.8, 4) is 5.69 Å². The lowest BCUT2D eigenvalue weighted by Gasteiger charge is -2.24. The maximum Gasteiger partial charge on any atom is 0.227 e. The Morgan fingerprint density at radius 2 is 2.10 bits per heavy atom. The Bertz CT molecular complexity index is 616. The third-order valence-electron chi connectivity index (χ3n) is 4.32. The number of carbonyl (C=O) groups is 1. The summed E-state index contributed by atoms with van der Waals surface area (Å²) >= 11 is 0. The first-order valence-electron chi connectivity index (χ1n) is 7.50. The molecule has 0 bridgehead atoms. The minimum Gasteiger partial charge on any atom is -0.342 e. The van der Waals surface area contributed by atoms with Gasteiger partial charge in [0.05, 0.1) is 18.3 Å². The van der Waals surface area contributed by atoms with Gasteiger partial charge in [0.25, 0.3) is 0 Å². The van der Waals surface area contributed by atoms with Gasteiger partial charge in [-0.1, -0.05) is 18.2 Å². The molecular weight excluding hydrogens is 262 g/mol. The molecule has 1 amide bonds. The normalized spacial score (nSPS) is 15.7. The molecule has 0 N–H and O–H groups in total. The van der Waals surface area contributed by atoms with Gasteiger partial charge in [-0.05, 0) is 43.4 Å². The van der Waals surface area contributed by atoms with Gasteiger partial charge in [-0.15, -0.1) is 0 Å². The zero-order valence-corrected chi connectivity index (χ0v) is 12.6. The van der Waals surface area contributed by atoms with E-state index < -0.39 is 0 Å². The monoisotopic (exact) mass is 283 g/mol. The van der Waals surface area contributed by atoms with Crippen LogP contribution in [0.3, 0.4) is 0 Å². The number of amides is 1. The second-order valence-electron chi connectivity index (χ2n) is 5.89. The highest BCUT2D eigenvalue weighted by Crippen LogP contribution is 2.34. The Morgan fingerprint density at radius 3 is 2.76 bits per heavy atom. The maximum atomic E-state index is 12.3. The van der Waals surface area contributed by atoms with Gasteiger partial charge in [0, 0.05) is 19.3 Å². The number of para-hydroxylation sites is 1. The molecule has 0 saturated heterocycles. The van der Waals surface area contributed by atoms with Gasteiger partial charge in [-0.2, -0.15) is 5.10 Å². The predicted molar refractivity (Wildman–Crippen MR) is 82.2 cm³/mol. The second-order valence-corrected chi connectivity index (χ2v) is 5.89. The molecule has 4 heteroatoms. The van der Waals surface area contributed by atoms with Crippen LogP contribution in [0.25, 0.3) is 5.69 Å². The van der Waals surface area contributed by atoms with E-state index >= 15 is 0 Å². The Morgan fingerprint density at radius 1 is 1.38 bits per heavy atom. The van der Waals surface area contributed by atoms with E-state index in [1.54, 1.807) is 6.20 Å². The van der Waals surface area contributed by atoms with Gasteiger partial charge in [0.2, 0.25) is 5.91 Å². The number of hydrogen-bond donors (Lipinski definition) is 0. The predicted octanol–water partition coefficient (Wildman–Crippen LogP) is 2.67. The molecule has 1 aromatic heterocycles. The van der Waals surface area contributed by atoms with Crippen LogP contribution >= 0.6 is 0 Å². The molecule has 0 spiro atoms. The van der Waals surface area contributed by atoms with E-state index in [-0.39, 0.29) is 5.91 Å². The molecule has 1 aliphatic carbocycles. The van der Waals surface area contributed by atoms with Crippen LogP contribution < -0.4 is 0 Å².